The molecule has 0 aromatic heterocycles. The Hall–Kier alpha value is -0.520. The highest BCUT2D eigenvalue weighted by molar-refractivity contribution is 5.02. The van der Waals surface area contributed by atoms with Crippen LogP contribution in [0.4, 0.5) is 0 Å². The Morgan fingerprint density at radius 3 is 1.20 bits per heavy atom. The Labute approximate surface area is 128 Å². The summed E-state index contributed by atoms with van der Waals surface area (Å²) in [6.45, 7) is 4.56. The van der Waals surface area contributed by atoms with Crippen LogP contribution in [0.25, 0.3) is 0 Å². The van der Waals surface area contributed by atoms with Gasteiger partial charge in [-0.15, -0.1) is 0 Å². The fraction of sp³-hybridized carbons (Fsp3) is 0.800. The average molecular weight is 279 g/mol. The highest BCUT2D eigenvalue weighted by Gasteiger charge is 1.88. The second-order valence-corrected chi connectivity index (χ2v) is 5.97. The quantitative estimate of drug-likeness (QED) is 0.214. The Morgan fingerprint density at radius 2 is 0.800 bits per heavy atom. The summed E-state index contributed by atoms with van der Waals surface area (Å²) in [5, 5.41) is 0. The van der Waals surface area contributed by atoms with E-state index in [4.69, 9.17) is 0 Å². The molecule has 0 bridgehead atoms. The van der Waals surface area contributed by atoms with Gasteiger partial charge in [-0.1, -0.05) is 102 Å². The molecule has 0 radical (unpaired) electrons. The first kappa shape index (κ1) is 19.5. The monoisotopic (exact) mass is 278 g/mol. The standard InChI is InChI=1S/C20H38/c1-3-5-7-9-11-13-15-17-19-20-18-16-14-12-10-8-6-4-2/h17-20H,3-16H2,1-2H3/b19-17+,20-18+. The molecule has 0 aliphatic heterocycles. The molecule has 118 valence electrons. The molecule has 0 aromatic rings. The van der Waals surface area contributed by atoms with Crippen molar-refractivity contribution in [1.82, 2.24) is 0 Å². The lowest BCUT2D eigenvalue weighted by atomic mass is 10.1. The van der Waals surface area contributed by atoms with Gasteiger partial charge in [-0.05, 0) is 25.7 Å². The van der Waals surface area contributed by atoms with E-state index in [1.54, 1.807) is 0 Å². The van der Waals surface area contributed by atoms with Gasteiger partial charge in [0, 0.05) is 0 Å². The topological polar surface area (TPSA) is 0 Å². The Kier molecular flexibility index (Phi) is 18.0. The van der Waals surface area contributed by atoms with Gasteiger partial charge in [0.05, 0.1) is 0 Å². The van der Waals surface area contributed by atoms with Crippen molar-refractivity contribution in [3.63, 3.8) is 0 Å². The normalized spacial score (nSPS) is 11.9. The van der Waals surface area contributed by atoms with Crippen molar-refractivity contribution in [2.24, 2.45) is 0 Å². The van der Waals surface area contributed by atoms with Gasteiger partial charge < -0.3 is 0 Å². The predicted molar refractivity (Wildman–Crippen MR) is 94.3 cm³/mol. The summed E-state index contributed by atoms with van der Waals surface area (Å²) in [5.74, 6) is 0. The molecular formula is C20H38. The van der Waals surface area contributed by atoms with Crippen molar-refractivity contribution in [2.45, 2.75) is 104 Å². The van der Waals surface area contributed by atoms with Crippen molar-refractivity contribution in [1.29, 1.82) is 0 Å². The fourth-order valence-electron chi connectivity index (χ4n) is 2.43. The molecule has 0 saturated heterocycles. The van der Waals surface area contributed by atoms with Crippen molar-refractivity contribution in [3.8, 4) is 0 Å². The first-order valence-electron chi connectivity index (χ1n) is 9.23. The van der Waals surface area contributed by atoms with E-state index in [2.05, 4.69) is 38.2 Å². The largest absolute Gasteiger partial charge is 0.0845 e. The van der Waals surface area contributed by atoms with Gasteiger partial charge in [0.2, 0.25) is 0 Å². The van der Waals surface area contributed by atoms with Crippen molar-refractivity contribution < 1.29 is 0 Å². The summed E-state index contributed by atoms with van der Waals surface area (Å²) >= 11 is 0. The maximum atomic E-state index is 2.33. The van der Waals surface area contributed by atoms with Crippen molar-refractivity contribution in [2.75, 3.05) is 0 Å². The zero-order valence-electron chi connectivity index (χ0n) is 14.2. The molecule has 0 N–H and O–H groups in total. The lowest BCUT2D eigenvalue weighted by Crippen LogP contribution is -1.77. The summed E-state index contributed by atoms with van der Waals surface area (Å²) < 4.78 is 0. The average Bonchev–Trinajstić information content (AvgIpc) is 2.47. The van der Waals surface area contributed by atoms with Crippen LogP contribution in [0.15, 0.2) is 24.3 Å². The van der Waals surface area contributed by atoms with Crippen LogP contribution < -0.4 is 0 Å². The van der Waals surface area contributed by atoms with Crippen LogP contribution in [0.5, 0.6) is 0 Å². The van der Waals surface area contributed by atoms with Crippen LogP contribution >= 0.6 is 0 Å². The van der Waals surface area contributed by atoms with E-state index in [0.717, 1.165) is 0 Å². The van der Waals surface area contributed by atoms with Gasteiger partial charge in [0.1, 0.15) is 0 Å². The second-order valence-electron chi connectivity index (χ2n) is 5.97. The minimum absolute atomic E-state index is 1.26. The van der Waals surface area contributed by atoms with E-state index in [9.17, 15) is 0 Å². The van der Waals surface area contributed by atoms with Gasteiger partial charge in [-0.3, -0.25) is 0 Å². The summed E-state index contributed by atoms with van der Waals surface area (Å²) in [6.07, 6.45) is 28.4. The van der Waals surface area contributed by atoms with E-state index in [1.165, 1.54) is 89.9 Å². The number of hydrogen-bond donors (Lipinski definition) is 0. The van der Waals surface area contributed by atoms with Crippen molar-refractivity contribution in [3.05, 3.63) is 24.3 Å². The molecule has 20 heavy (non-hydrogen) atoms. The van der Waals surface area contributed by atoms with Crippen LogP contribution in [0, 0.1) is 0 Å². The summed E-state index contributed by atoms with van der Waals surface area (Å²) in [4.78, 5) is 0. The van der Waals surface area contributed by atoms with E-state index >= 15 is 0 Å². The molecule has 0 fully saturated rings. The van der Waals surface area contributed by atoms with Crippen LogP contribution in [0.3, 0.4) is 0 Å². The Morgan fingerprint density at radius 1 is 0.450 bits per heavy atom. The fourth-order valence-corrected chi connectivity index (χ4v) is 2.43. The highest BCUT2D eigenvalue weighted by atomic mass is 13.9. The minimum Gasteiger partial charge on any atom is -0.0845 e. The van der Waals surface area contributed by atoms with Crippen LogP contribution in [-0.2, 0) is 0 Å². The Bertz CT molecular complexity index is 188. The molecule has 0 heteroatoms. The smallest absolute Gasteiger partial charge is 0.0348 e. The van der Waals surface area contributed by atoms with E-state index in [-0.39, 0.29) is 0 Å². The van der Waals surface area contributed by atoms with Gasteiger partial charge in [-0.2, -0.15) is 0 Å². The second kappa shape index (κ2) is 18.5. The summed E-state index contributed by atoms with van der Waals surface area (Å²) in [7, 11) is 0. The van der Waals surface area contributed by atoms with Crippen LogP contribution in [0.2, 0.25) is 0 Å². The number of unbranched alkanes of at least 4 members (excludes halogenated alkanes) is 12. The molecule has 0 heterocycles. The zero-order valence-corrected chi connectivity index (χ0v) is 14.2. The maximum Gasteiger partial charge on any atom is -0.0348 e. The summed E-state index contributed by atoms with van der Waals surface area (Å²) in [5.41, 5.74) is 0. The zero-order chi connectivity index (χ0) is 14.7. The molecule has 0 nitrogen and oxygen atoms in total. The van der Waals surface area contributed by atoms with Gasteiger partial charge >= 0.3 is 0 Å². The van der Waals surface area contributed by atoms with E-state index in [0.29, 0.717) is 0 Å². The van der Waals surface area contributed by atoms with Crippen molar-refractivity contribution >= 4 is 0 Å². The molecular weight excluding hydrogens is 240 g/mol. The molecule has 0 spiro atoms. The third kappa shape index (κ3) is 17.5. The number of hydrogen-bond acceptors (Lipinski definition) is 0. The lowest BCUT2D eigenvalue weighted by molar-refractivity contribution is 0.611. The molecule has 0 aliphatic carbocycles. The molecule has 0 aromatic carbocycles. The molecule has 0 aliphatic rings. The number of rotatable bonds is 15. The van der Waals surface area contributed by atoms with Gasteiger partial charge in [0.15, 0.2) is 0 Å². The minimum atomic E-state index is 1.26. The van der Waals surface area contributed by atoms with Gasteiger partial charge in [0.25, 0.3) is 0 Å². The molecule has 0 unspecified atom stereocenters. The van der Waals surface area contributed by atoms with E-state index < -0.39 is 0 Å². The van der Waals surface area contributed by atoms with Gasteiger partial charge in [-0.25, -0.2) is 0 Å². The third-order valence-electron chi connectivity index (χ3n) is 3.83. The molecule has 0 atom stereocenters. The first-order valence-corrected chi connectivity index (χ1v) is 9.23. The molecule has 0 rings (SSSR count). The molecule has 0 amide bonds. The maximum absolute atomic E-state index is 2.33. The SMILES string of the molecule is CCCCCCCC/C=C/C=C/CCCCCCCC. The van der Waals surface area contributed by atoms with Crippen LogP contribution in [-0.4, -0.2) is 0 Å². The summed E-state index contributed by atoms with van der Waals surface area (Å²) in [6, 6.07) is 0. The van der Waals surface area contributed by atoms with Crippen LogP contribution in [0.1, 0.15) is 104 Å². The third-order valence-corrected chi connectivity index (χ3v) is 3.83. The van der Waals surface area contributed by atoms with E-state index in [1.807, 2.05) is 0 Å². The molecule has 0 saturated carbocycles. The first-order chi connectivity index (χ1) is 9.91. The number of allylic oxidation sites excluding steroid dienone is 4. The lowest BCUT2D eigenvalue weighted by Gasteiger charge is -1.97. The Balaban J connectivity index is 3.15. The highest BCUT2D eigenvalue weighted by Crippen LogP contribution is 2.08. The predicted octanol–water partition coefficient (Wildman–Crippen LogP) is 7.60.